The Morgan fingerprint density at radius 3 is 2.45 bits per heavy atom. The number of H-pyrrole nitrogens is 1. The van der Waals surface area contributed by atoms with Crippen molar-refractivity contribution in [3.8, 4) is 0 Å². The predicted octanol–water partition coefficient (Wildman–Crippen LogP) is 3.60. The van der Waals surface area contributed by atoms with Gasteiger partial charge < -0.3 is 14.6 Å². The van der Waals surface area contributed by atoms with E-state index in [0.717, 1.165) is 32.7 Å². The van der Waals surface area contributed by atoms with E-state index in [1.165, 1.54) is 27.8 Å². The van der Waals surface area contributed by atoms with Crippen molar-refractivity contribution >= 4 is 16.7 Å². The maximum Gasteiger partial charge on any atom is 0.110 e. The van der Waals surface area contributed by atoms with Gasteiger partial charge in [-0.2, -0.15) is 0 Å². The second kappa shape index (κ2) is 5.85. The van der Waals surface area contributed by atoms with Crippen molar-refractivity contribution in [3.63, 3.8) is 0 Å². The molecule has 1 saturated heterocycles. The van der Waals surface area contributed by atoms with Crippen LogP contribution >= 0.6 is 0 Å². The molecule has 2 aromatic carbocycles. The number of nitrogens with one attached hydrogen (secondary N) is 1. The fraction of sp³-hybridized carbons (Fsp3) is 0.263. The number of hydrogen-bond donors (Lipinski definition) is 1. The van der Waals surface area contributed by atoms with Crippen LogP contribution in [0.2, 0.25) is 0 Å². The van der Waals surface area contributed by atoms with Gasteiger partial charge in [-0.3, -0.25) is 0 Å². The van der Waals surface area contributed by atoms with E-state index < -0.39 is 0 Å². The summed E-state index contributed by atoms with van der Waals surface area (Å²) in [4.78, 5) is 6.04. The van der Waals surface area contributed by atoms with Crippen LogP contribution in [0.5, 0.6) is 0 Å². The Labute approximate surface area is 130 Å². The molecular formula is C19H20N2O. The van der Waals surface area contributed by atoms with Gasteiger partial charge in [-0.15, -0.1) is 0 Å². The molecule has 1 fully saturated rings. The Bertz CT molecular complexity index is 757. The molecule has 3 nitrogen and oxygen atoms in total. The molecule has 0 unspecified atom stereocenters. The fourth-order valence-electron chi connectivity index (χ4n) is 3.22. The molecule has 1 N–H and O–H groups in total. The zero-order chi connectivity index (χ0) is 14.8. The molecule has 0 spiro atoms. The van der Waals surface area contributed by atoms with Crippen LogP contribution in [-0.2, 0) is 11.2 Å². The molecule has 4 rings (SSSR count). The van der Waals surface area contributed by atoms with Crippen LogP contribution in [0.3, 0.4) is 0 Å². The first-order chi connectivity index (χ1) is 10.9. The lowest BCUT2D eigenvalue weighted by Crippen LogP contribution is -2.37. The predicted molar refractivity (Wildman–Crippen MR) is 90.6 cm³/mol. The number of para-hydroxylation sites is 1. The lowest BCUT2D eigenvalue weighted by molar-refractivity contribution is 0.122. The van der Waals surface area contributed by atoms with Crippen LogP contribution < -0.4 is 4.90 Å². The van der Waals surface area contributed by atoms with Crippen LogP contribution in [0.4, 0.5) is 5.82 Å². The molecule has 2 heterocycles. The molecule has 3 aromatic rings. The highest BCUT2D eigenvalue weighted by atomic mass is 16.5. The number of rotatable bonds is 3. The number of hydrogen-bond acceptors (Lipinski definition) is 2. The van der Waals surface area contributed by atoms with Gasteiger partial charge in [0.15, 0.2) is 0 Å². The summed E-state index contributed by atoms with van der Waals surface area (Å²) in [6.45, 7) is 3.52. The molecule has 3 heteroatoms. The second-order valence-electron chi connectivity index (χ2n) is 5.76. The Hall–Kier alpha value is -2.26. The van der Waals surface area contributed by atoms with Crippen molar-refractivity contribution in [1.82, 2.24) is 4.98 Å². The van der Waals surface area contributed by atoms with E-state index in [0.29, 0.717) is 0 Å². The lowest BCUT2D eigenvalue weighted by Gasteiger charge is -2.28. The Balaban J connectivity index is 1.79. The summed E-state index contributed by atoms with van der Waals surface area (Å²) >= 11 is 0. The first-order valence-electron chi connectivity index (χ1n) is 7.88. The molecule has 0 saturated carbocycles. The molecule has 0 atom stereocenters. The minimum absolute atomic E-state index is 0.806. The number of fused-ring (bicyclic) bond motifs is 1. The van der Waals surface area contributed by atoms with Gasteiger partial charge >= 0.3 is 0 Å². The molecule has 0 radical (unpaired) electrons. The summed E-state index contributed by atoms with van der Waals surface area (Å²) in [5.41, 5.74) is 3.96. The minimum atomic E-state index is 0.806. The number of nitrogens with zero attached hydrogens (tertiary/aromatic N) is 1. The van der Waals surface area contributed by atoms with Crippen molar-refractivity contribution in [2.75, 3.05) is 31.2 Å². The number of aromatic nitrogens is 1. The van der Waals surface area contributed by atoms with Crippen molar-refractivity contribution in [2.24, 2.45) is 0 Å². The second-order valence-corrected chi connectivity index (χ2v) is 5.76. The third kappa shape index (κ3) is 2.48. The SMILES string of the molecule is c1ccc(Cc2c(N3CCOCC3)[nH]c3ccccc23)cc1. The van der Waals surface area contributed by atoms with E-state index in [1.807, 2.05) is 0 Å². The van der Waals surface area contributed by atoms with Gasteiger partial charge in [-0.05, 0) is 11.6 Å². The molecule has 22 heavy (non-hydrogen) atoms. The van der Waals surface area contributed by atoms with Gasteiger partial charge in [0.05, 0.1) is 13.2 Å². The Kier molecular flexibility index (Phi) is 3.57. The Morgan fingerprint density at radius 1 is 0.909 bits per heavy atom. The standard InChI is InChI=1S/C19H20N2O/c1-2-6-15(7-3-1)14-17-16-8-4-5-9-18(16)20-19(17)21-10-12-22-13-11-21/h1-9,20H,10-14H2. The summed E-state index contributed by atoms with van der Waals surface area (Å²) in [7, 11) is 0. The van der Waals surface area contributed by atoms with Gasteiger partial charge in [0.2, 0.25) is 0 Å². The largest absolute Gasteiger partial charge is 0.378 e. The van der Waals surface area contributed by atoms with Crippen molar-refractivity contribution < 1.29 is 4.74 Å². The molecule has 1 aliphatic rings. The topological polar surface area (TPSA) is 28.3 Å². The van der Waals surface area contributed by atoms with E-state index >= 15 is 0 Å². The van der Waals surface area contributed by atoms with Crippen LogP contribution in [0.15, 0.2) is 54.6 Å². The Morgan fingerprint density at radius 2 is 1.64 bits per heavy atom. The normalized spacial score (nSPS) is 15.4. The van der Waals surface area contributed by atoms with Crippen LogP contribution in [0.1, 0.15) is 11.1 Å². The van der Waals surface area contributed by atoms with Gasteiger partial charge in [0, 0.05) is 36.0 Å². The quantitative estimate of drug-likeness (QED) is 0.799. The molecule has 1 aromatic heterocycles. The lowest BCUT2D eigenvalue weighted by atomic mass is 10.0. The number of morpholine rings is 1. The van der Waals surface area contributed by atoms with Crippen molar-refractivity contribution in [1.29, 1.82) is 0 Å². The maximum absolute atomic E-state index is 5.50. The molecule has 0 aliphatic carbocycles. The monoisotopic (exact) mass is 292 g/mol. The van der Waals surface area contributed by atoms with E-state index in [4.69, 9.17) is 4.74 Å². The van der Waals surface area contributed by atoms with E-state index in [9.17, 15) is 0 Å². The first-order valence-corrected chi connectivity index (χ1v) is 7.88. The number of ether oxygens (including phenoxy) is 1. The third-order valence-corrected chi connectivity index (χ3v) is 4.34. The zero-order valence-electron chi connectivity index (χ0n) is 12.6. The number of aromatic amines is 1. The van der Waals surface area contributed by atoms with Crippen LogP contribution in [0, 0.1) is 0 Å². The van der Waals surface area contributed by atoms with Gasteiger partial charge in [-0.25, -0.2) is 0 Å². The maximum atomic E-state index is 5.50. The molecular weight excluding hydrogens is 272 g/mol. The van der Waals surface area contributed by atoms with E-state index in [2.05, 4.69) is 64.5 Å². The smallest absolute Gasteiger partial charge is 0.110 e. The highest BCUT2D eigenvalue weighted by Crippen LogP contribution is 2.31. The summed E-state index contributed by atoms with van der Waals surface area (Å²) in [5, 5.41) is 1.33. The van der Waals surface area contributed by atoms with E-state index in [-0.39, 0.29) is 0 Å². The molecule has 1 aliphatic heterocycles. The van der Waals surface area contributed by atoms with E-state index in [1.54, 1.807) is 0 Å². The van der Waals surface area contributed by atoms with Gasteiger partial charge in [0.25, 0.3) is 0 Å². The highest BCUT2D eigenvalue weighted by molar-refractivity contribution is 5.89. The van der Waals surface area contributed by atoms with Crippen molar-refractivity contribution in [3.05, 3.63) is 65.7 Å². The summed E-state index contributed by atoms with van der Waals surface area (Å²) in [5.74, 6) is 1.26. The van der Waals surface area contributed by atoms with Crippen LogP contribution in [0.25, 0.3) is 10.9 Å². The minimum Gasteiger partial charge on any atom is -0.378 e. The number of benzene rings is 2. The van der Waals surface area contributed by atoms with Crippen molar-refractivity contribution in [2.45, 2.75) is 6.42 Å². The third-order valence-electron chi connectivity index (χ3n) is 4.34. The average Bonchev–Trinajstić information content (AvgIpc) is 2.95. The zero-order valence-corrected chi connectivity index (χ0v) is 12.6. The molecule has 112 valence electrons. The molecule has 0 amide bonds. The average molecular weight is 292 g/mol. The van der Waals surface area contributed by atoms with Gasteiger partial charge in [0.1, 0.15) is 5.82 Å². The number of anilines is 1. The molecule has 0 bridgehead atoms. The van der Waals surface area contributed by atoms with Gasteiger partial charge in [-0.1, -0.05) is 48.5 Å². The summed E-state index contributed by atoms with van der Waals surface area (Å²) < 4.78 is 5.50. The summed E-state index contributed by atoms with van der Waals surface area (Å²) in [6, 6.07) is 19.3. The van der Waals surface area contributed by atoms with Crippen LogP contribution in [-0.4, -0.2) is 31.3 Å². The highest BCUT2D eigenvalue weighted by Gasteiger charge is 2.19. The first kappa shape index (κ1) is 13.4. The fourth-order valence-corrected chi connectivity index (χ4v) is 3.22. The summed E-state index contributed by atoms with van der Waals surface area (Å²) in [6.07, 6.45) is 0.956.